The van der Waals surface area contributed by atoms with Crippen LogP contribution in [0.25, 0.3) is 0 Å². The Labute approximate surface area is 103 Å². The lowest BCUT2D eigenvalue weighted by molar-refractivity contribution is -0.120. The fourth-order valence-corrected chi connectivity index (χ4v) is 2.79. The van der Waals surface area contributed by atoms with Crippen LogP contribution in [-0.2, 0) is 9.53 Å². The van der Waals surface area contributed by atoms with Crippen LogP contribution in [0.4, 0.5) is 0 Å². The largest absolute Gasteiger partial charge is 0.381 e. The second kappa shape index (κ2) is 4.73. The highest BCUT2D eigenvalue weighted by Gasteiger charge is 2.29. The summed E-state index contributed by atoms with van der Waals surface area (Å²) in [5, 5.41) is 12.3. The molecule has 1 aromatic heterocycles. The van der Waals surface area contributed by atoms with Gasteiger partial charge in [0.25, 0.3) is 0 Å². The van der Waals surface area contributed by atoms with Gasteiger partial charge in [0.1, 0.15) is 5.78 Å². The highest BCUT2D eigenvalue weighted by Crippen LogP contribution is 2.36. The first-order valence-corrected chi connectivity index (χ1v) is 6.84. The third-order valence-electron chi connectivity index (χ3n) is 3.08. The number of hydrogen-bond acceptors (Lipinski definition) is 6. The molecule has 17 heavy (non-hydrogen) atoms. The van der Waals surface area contributed by atoms with Gasteiger partial charge in [0.2, 0.25) is 5.16 Å². The molecule has 3 rings (SSSR count). The normalized spacial score (nSPS) is 24.1. The molecule has 2 aliphatic rings. The van der Waals surface area contributed by atoms with Gasteiger partial charge < -0.3 is 4.74 Å². The van der Waals surface area contributed by atoms with Crippen LogP contribution in [0.5, 0.6) is 0 Å². The minimum absolute atomic E-state index is 0.0766. The van der Waals surface area contributed by atoms with Crippen LogP contribution in [0.1, 0.15) is 25.3 Å². The van der Waals surface area contributed by atoms with Gasteiger partial charge in [-0.05, 0) is 29.7 Å². The third-order valence-corrected chi connectivity index (χ3v) is 4.04. The maximum atomic E-state index is 11.9. The predicted octanol–water partition coefficient (Wildman–Crippen LogP) is 0.706. The molecule has 1 saturated carbocycles. The number of Topliss-reactive ketones (excluding diaryl/α,β-unsaturated/α-hetero) is 1. The average Bonchev–Trinajstić information content (AvgIpc) is 2.87. The van der Waals surface area contributed by atoms with Crippen LogP contribution >= 0.6 is 11.8 Å². The van der Waals surface area contributed by atoms with E-state index in [0.717, 1.165) is 24.4 Å². The number of ketones is 1. The van der Waals surface area contributed by atoms with Crippen molar-refractivity contribution in [3.05, 3.63) is 0 Å². The number of tetrazole rings is 1. The summed E-state index contributed by atoms with van der Waals surface area (Å²) in [7, 11) is 0. The zero-order chi connectivity index (χ0) is 11.7. The molecule has 0 amide bonds. The predicted molar refractivity (Wildman–Crippen MR) is 60.7 cm³/mol. The van der Waals surface area contributed by atoms with Crippen LogP contribution in [0.15, 0.2) is 5.16 Å². The van der Waals surface area contributed by atoms with Gasteiger partial charge in [-0.2, -0.15) is 0 Å². The number of nitrogens with zero attached hydrogens (tertiary/aromatic N) is 4. The first-order chi connectivity index (χ1) is 8.34. The number of rotatable bonds is 5. The highest BCUT2D eigenvalue weighted by atomic mass is 32.2. The highest BCUT2D eigenvalue weighted by molar-refractivity contribution is 7.99. The van der Waals surface area contributed by atoms with E-state index < -0.39 is 0 Å². The summed E-state index contributed by atoms with van der Waals surface area (Å²) in [5.41, 5.74) is 0. The summed E-state index contributed by atoms with van der Waals surface area (Å²) in [5.74, 6) is 0.770. The Morgan fingerprint density at radius 2 is 2.35 bits per heavy atom. The molecule has 1 aliphatic heterocycles. The van der Waals surface area contributed by atoms with E-state index in [0.29, 0.717) is 25.0 Å². The summed E-state index contributed by atoms with van der Waals surface area (Å²) in [6.07, 6.45) is 3.14. The fraction of sp³-hybridized carbons (Fsp3) is 0.800. The summed E-state index contributed by atoms with van der Waals surface area (Å²) in [6, 6.07) is 0.456. The van der Waals surface area contributed by atoms with E-state index in [1.54, 1.807) is 0 Å². The van der Waals surface area contributed by atoms with Gasteiger partial charge in [-0.25, -0.2) is 4.68 Å². The van der Waals surface area contributed by atoms with Crippen LogP contribution in [-0.4, -0.2) is 45.0 Å². The van der Waals surface area contributed by atoms with Gasteiger partial charge >= 0.3 is 0 Å². The van der Waals surface area contributed by atoms with Crippen molar-refractivity contribution in [1.29, 1.82) is 0 Å². The van der Waals surface area contributed by atoms with Crippen molar-refractivity contribution in [2.75, 3.05) is 19.0 Å². The van der Waals surface area contributed by atoms with Crippen LogP contribution < -0.4 is 0 Å². The smallest absolute Gasteiger partial charge is 0.210 e. The van der Waals surface area contributed by atoms with E-state index >= 15 is 0 Å². The second-order valence-electron chi connectivity index (χ2n) is 4.45. The first-order valence-electron chi connectivity index (χ1n) is 5.85. The van der Waals surface area contributed by atoms with E-state index in [1.165, 1.54) is 11.8 Å². The van der Waals surface area contributed by atoms with Crippen molar-refractivity contribution in [2.45, 2.75) is 30.5 Å². The van der Waals surface area contributed by atoms with Crippen molar-refractivity contribution < 1.29 is 9.53 Å². The number of carbonyl (C=O) groups excluding carboxylic acids is 1. The first kappa shape index (κ1) is 11.2. The van der Waals surface area contributed by atoms with Crippen molar-refractivity contribution >= 4 is 17.5 Å². The molecular weight excluding hydrogens is 240 g/mol. The average molecular weight is 254 g/mol. The number of hydrogen-bond donors (Lipinski definition) is 0. The Morgan fingerprint density at radius 1 is 1.47 bits per heavy atom. The van der Waals surface area contributed by atoms with E-state index in [2.05, 4.69) is 15.5 Å². The lowest BCUT2D eigenvalue weighted by Gasteiger charge is -2.05. The van der Waals surface area contributed by atoms with E-state index in [9.17, 15) is 4.79 Å². The Bertz CT molecular complexity index is 412. The zero-order valence-electron chi connectivity index (χ0n) is 9.41. The zero-order valence-corrected chi connectivity index (χ0v) is 10.2. The molecule has 6 nitrogen and oxygen atoms in total. The number of ether oxygens (including phenoxy) is 1. The Balaban J connectivity index is 1.55. The van der Waals surface area contributed by atoms with E-state index in [-0.39, 0.29) is 11.7 Å². The minimum atomic E-state index is 0.0766. The summed E-state index contributed by atoms with van der Waals surface area (Å²) in [4.78, 5) is 11.9. The Hall–Kier alpha value is -0.950. The molecule has 7 heteroatoms. The van der Waals surface area contributed by atoms with Gasteiger partial charge in [0.15, 0.2) is 0 Å². The maximum Gasteiger partial charge on any atom is 0.210 e. The number of carbonyl (C=O) groups is 1. The fourth-order valence-electron chi connectivity index (χ4n) is 1.87. The molecule has 1 aromatic rings. The van der Waals surface area contributed by atoms with Crippen molar-refractivity contribution in [3.63, 3.8) is 0 Å². The number of thioether (sulfide) groups is 1. The molecule has 92 valence electrons. The number of aromatic nitrogens is 4. The van der Waals surface area contributed by atoms with Crippen molar-refractivity contribution in [3.8, 4) is 0 Å². The van der Waals surface area contributed by atoms with Gasteiger partial charge in [0, 0.05) is 12.5 Å². The van der Waals surface area contributed by atoms with Crippen molar-refractivity contribution in [1.82, 2.24) is 20.2 Å². The van der Waals surface area contributed by atoms with Crippen molar-refractivity contribution in [2.24, 2.45) is 5.92 Å². The summed E-state index contributed by atoms with van der Waals surface area (Å²) in [6.45, 7) is 1.29. The standard InChI is InChI=1S/C10H14N4O2S/c15-9(7-3-4-16-5-7)6-17-10-11-12-13-14(10)8-1-2-8/h7-8H,1-6H2. The maximum absolute atomic E-state index is 11.9. The lowest BCUT2D eigenvalue weighted by Crippen LogP contribution is -2.16. The molecule has 0 radical (unpaired) electrons. The van der Waals surface area contributed by atoms with E-state index in [4.69, 9.17) is 4.74 Å². The summed E-state index contributed by atoms with van der Waals surface area (Å²) >= 11 is 1.44. The summed E-state index contributed by atoms with van der Waals surface area (Å²) < 4.78 is 7.05. The molecule has 1 atom stereocenters. The molecule has 1 aliphatic carbocycles. The van der Waals surface area contributed by atoms with Gasteiger partial charge in [0.05, 0.1) is 18.4 Å². The topological polar surface area (TPSA) is 69.9 Å². The molecule has 0 aromatic carbocycles. The van der Waals surface area contributed by atoms with Crippen LogP contribution in [0, 0.1) is 5.92 Å². The van der Waals surface area contributed by atoms with Crippen LogP contribution in [0.3, 0.4) is 0 Å². The van der Waals surface area contributed by atoms with Crippen LogP contribution in [0.2, 0.25) is 0 Å². The Morgan fingerprint density at radius 3 is 3.06 bits per heavy atom. The molecule has 1 unspecified atom stereocenters. The molecular formula is C10H14N4O2S. The molecule has 0 N–H and O–H groups in total. The quantitative estimate of drug-likeness (QED) is 0.721. The SMILES string of the molecule is O=C(CSc1nnnn1C1CC1)C1CCOC1. The Kier molecular flexibility index (Phi) is 3.11. The molecule has 0 bridgehead atoms. The van der Waals surface area contributed by atoms with E-state index in [1.807, 2.05) is 4.68 Å². The van der Waals surface area contributed by atoms with Gasteiger partial charge in [-0.3, -0.25) is 4.79 Å². The molecule has 0 spiro atoms. The third kappa shape index (κ3) is 2.50. The molecule has 2 fully saturated rings. The minimum Gasteiger partial charge on any atom is -0.381 e. The van der Waals surface area contributed by atoms with Gasteiger partial charge in [-0.15, -0.1) is 5.10 Å². The van der Waals surface area contributed by atoms with Gasteiger partial charge in [-0.1, -0.05) is 11.8 Å². The monoisotopic (exact) mass is 254 g/mol. The molecule has 2 heterocycles. The molecule has 1 saturated heterocycles. The second-order valence-corrected chi connectivity index (χ2v) is 5.40. The lowest BCUT2D eigenvalue weighted by atomic mass is 10.1.